The van der Waals surface area contributed by atoms with Crippen LogP contribution >= 0.6 is 24.8 Å². The van der Waals surface area contributed by atoms with E-state index in [9.17, 15) is 0 Å². The molecule has 1 unspecified atom stereocenters. The van der Waals surface area contributed by atoms with Crippen molar-refractivity contribution in [2.75, 3.05) is 0 Å². The van der Waals surface area contributed by atoms with Crippen LogP contribution < -0.4 is 5.73 Å². The van der Waals surface area contributed by atoms with Crippen molar-refractivity contribution in [3.05, 3.63) is 89.7 Å². The van der Waals surface area contributed by atoms with Gasteiger partial charge in [-0.1, -0.05) is 30.3 Å². The van der Waals surface area contributed by atoms with E-state index >= 15 is 0 Å². The summed E-state index contributed by atoms with van der Waals surface area (Å²) in [5.41, 5.74) is 10.2. The minimum Gasteiger partial charge on any atom is -0.464 e. The van der Waals surface area contributed by atoms with Crippen LogP contribution in [0.15, 0.2) is 71.7 Å². The van der Waals surface area contributed by atoms with Crippen molar-refractivity contribution in [3.8, 4) is 0 Å². The highest BCUT2D eigenvalue weighted by molar-refractivity contribution is 6.01. The van der Waals surface area contributed by atoms with Gasteiger partial charge in [-0.3, -0.25) is 5.41 Å². The maximum absolute atomic E-state index is 7.96. The number of imidazole rings is 1. The molecule has 2 aromatic heterocycles. The van der Waals surface area contributed by atoms with Gasteiger partial charge in [-0.2, -0.15) is 0 Å². The van der Waals surface area contributed by atoms with Crippen LogP contribution in [-0.4, -0.2) is 15.8 Å². The molecule has 4 aromatic rings. The first kappa shape index (κ1) is 22.5. The van der Waals surface area contributed by atoms with Crippen LogP contribution in [0.3, 0.4) is 0 Å². The Morgan fingerprint density at radius 2 is 1.93 bits per heavy atom. The minimum atomic E-state index is -0.201. The van der Waals surface area contributed by atoms with Gasteiger partial charge in [0.15, 0.2) is 0 Å². The quantitative estimate of drug-likeness (QED) is 0.288. The summed E-state index contributed by atoms with van der Waals surface area (Å²) in [6.45, 7) is 0.413. The van der Waals surface area contributed by atoms with Gasteiger partial charge in [0, 0.05) is 17.4 Å². The molecule has 0 aliphatic heterocycles. The van der Waals surface area contributed by atoms with Gasteiger partial charge < -0.3 is 19.9 Å². The van der Waals surface area contributed by atoms with Crippen LogP contribution in [0, 0.1) is 5.41 Å². The van der Waals surface area contributed by atoms with E-state index < -0.39 is 0 Å². The molecule has 0 saturated carbocycles. The third kappa shape index (κ3) is 4.98. The minimum absolute atomic E-state index is 0. The van der Waals surface area contributed by atoms with Crippen molar-refractivity contribution < 1.29 is 9.15 Å². The molecule has 2 aromatic carbocycles. The molecule has 8 heteroatoms. The highest BCUT2D eigenvalue weighted by atomic mass is 35.5. The van der Waals surface area contributed by atoms with Crippen LogP contribution in [-0.2, 0) is 17.8 Å². The highest BCUT2D eigenvalue weighted by Crippen LogP contribution is 2.30. The van der Waals surface area contributed by atoms with Gasteiger partial charge in [-0.15, -0.1) is 24.8 Å². The Hall–Kier alpha value is -2.80. The van der Waals surface area contributed by atoms with Gasteiger partial charge in [0.2, 0.25) is 0 Å². The van der Waals surface area contributed by atoms with E-state index in [0.717, 1.165) is 27.8 Å². The number of aromatic nitrogens is 2. The Morgan fingerprint density at radius 3 is 2.62 bits per heavy atom. The largest absolute Gasteiger partial charge is 0.464 e. The fourth-order valence-electron chi connectivity index (χ4n) is 3.26. The standard InChI is InChI=1S/C21H20N4O2.2ClH/c22-21(23)17-6-7-19-16(8-9-26-19)18(17)10-20(14-4-2-1-3-5-14)27-12-15-11-24-13-25-15;;/h1-9,11,13,20H,10,12H2,(H3,22,23)(H,24,25);2*1H. The average Bonchev–Trinajstić information content (AvgIpc) is 3.37. The number of aromatic amines is 1. The third-order valence-electron chi connectivity index (χ3n) is 4.59. The van der Waals surface area contributed by atoms with E-state index in [-0.39, 0.29) is 36.8 Å². The summed E-state index contributed by atoms with van der Waals surface area (Å²) in [7, 11) is 0. The molecule has 1 atom stereocenters. The van der Waals surface area contributed by atoms with Gasteiger partial charge in [-0.25, -0.2) is 4.98 Å². The first-order chi connectivity index (χ1) is 13.2. The normalized spacial score (nSPS) is 11.4. The van der Waals surface area contributed by atoms with E-state index in [0.29, 0.717) is 18.6 Å². The number of hydrogen-bond donors (Lipinski definition) is 3. The van der Waals surface area contributed by atoms with E-state index in [1.807, 2.05) is 48.5 Å². The lowest BCUT2D eigenvalue weighted by Gasteiger charge is -2.20. The Bertz CT molecular complexity index is 1050. The van der Waals surface area contributed by atoms with Crippen LogP contribution in [0.25, 0.3) is 11.0 Å². The summed E-state index contributed by atoms with van der Waals surface area (Å²) in [5.74, 6) is 0.0356. The maximum Gasteiger partial charge on any atom is 0.134 e. The first-order valence-electron chi connectivity index (χ1n) is 8.69. The number of furan rings is 1. The number of halogens is 2. The molecule has 4 rings (SSSR count). The summed E-state index contributed by atoms with van der Waals surface area (Å²) >= 11 is 0. The number of nitrogens with one attached hydrogen (secondary N) is 2. The van der Waals surface area contributed by atoms with Crippen molar-refractivity contribution in [1.82, 2.24) is 9.97 Å². The monoisotopic (exact) mass is 432 g/mol. The lowest BCUT2D eigenvalue weighted by Crippen LogP contribution is -2.16. The molecule has 0 radical (unpaired) electrons. The molecule has 0 amide bonds. The van der Waals surface area contributed by atoms with Crippen molar-refractivity contribution in [2.45, 2.75) is 19.1 Å². The number of ether oxygens (including phenoxy) is 1. The fraction of sp³-hybridized carbons (Fsp3) is 0.143. The summed E-state index contributed by atoms with van der Waals surface area (Å²) in [6, 6.07) is 15.6. The number of benzene rings is 2. The summed E-state index contributed by atoms with van der Waals surface area (Å²) < 4.78 is 11.8. The lowest BCUT2D eigenvalue weighted by molar-refractivity contribution is 0.0384. The van der Waals surface area contributed by atoms with E-state index in [4.69, 9.17) is 20.3 Å². The average molecular weight is 433 g/mol. The van der Waals surface area contributed by atoms with Gasteiger partial charge >= 0.3 is 0 Å². The van der Waals surface area contributed by atoms with Gasteiger partial charge in [0.25, 0.3) is 0 Å². The fourth-order valence-corrected chi connectivity index (χ4v) is 3.26. The molecule has 0 aliphatic rings. The highest BCUT2D eigenvalue weighted by Gasteiger charge is 2.19. The second kappa shape index (κ2) is 10.1. The Morgan fingerprint density at radius 1 is 1.14 bits per heavy atom. The number of fused-ring (bicyclic) bond motifs is 1. The second-order valence-electron chi connectivity index (χ2n) is 6.33. The van der Waals surface area contributed by atoms with Crippen LogP contribution in [0.1, 0.15) is 28.5 Å². The van der Waals surface area contributed by atoms with Crippen LogP contribution in [0.2, 0.25) is 0 Å². The number of nitrogen functional groups attached to an aromatic ring is 1. The number of nitrogens with zero attached hydrogens (tertiary/aromatic N) is 1. The molecular weight excluding hydrogens is 411 g/mol. The zero-order valence-electron chi connectivity index (χ0n) is 15.5. The number of H-pyrrole nitrogens is 1. The van der Waals surface area contributed by atoms with Gasteiger partial charge in [-0.05, 0) is 29.3 Å². The smallest absolute Gasteiger partial charge is 0.134 e. The zero-order valence-corrected chi connectivity index (χ0v) is 17.1. The molecular formula is C21H22Cl2N4O2. The van der Waals surface area contributed by atoms with E-state index in [1.165, 1.54) is 0 Å². The number of hydrogen-bond acceptors (Lipinski definition) is 4. The Balaban J connectivity index is 0.00000150. The number of rotatable bonds is 7. The van der Waals surface area contributed by atoms with E-state index in [1.54, 1.807) is 18.8 Å². The molecule has 0 bridgehead atoms. The van der Waals surface area contributed by atoms with Crippen molar-refractivity contribution in [1.29, 1.82) is 5.41 Å². The van der Waals surface area contributed by atoms with E-state index in [2.05, 4.69) is 9.97 Å². The zero-order chi connectivity index (χ0) is 18.6. The van der Waals surface area contributed by atoms with Crippen LogP contribution in [0.4, 0.5) is 0 Å². The summed E-state index contributed by atoms with van der Waals surface area (Å²) in [6.07, 6.45) is 5.41. The number of amidine groups is 1. The van der Waals surface area contributed by atoms with Gasteiger partial charge in [0.1, 0.15) is 11.4 Å². The molecule has 4 N–H and O–H groups in total. The molecule has 2 heterocycles. The molecule has 0 saturated heterocycles. The number of nitrogens with two attached hydrogens (primary N) is 1. The molecule has 0 fully saturated rings. The molecule has 152 valence electrons. The Labute approximate surface area is 180 Å². The predicted molar refractivity (Wildman–Crippen MR) is 118 cm³/mol. The topological polar surface area (TPSA) is 101 Å². The van der Waals surface area contributed by atoms with Crippen LogP contribution in [0.5, 0.6) is 0 Å². The maximum atomic E-state index is 7.96. The molecule has 6 nitrogen and oxygen atoms in total. The SMILES string of the molecule is Cl.Cl.N=C(N)c1ccc2occc2c1CC(OCc1cnc[nH]1)c1ccccc1. The second-order valence-corrected chi connectivity index (χ2v) is 6.33. The van der Waals surface area contributed by atoms with Gasteiger partial charge in [0.05, 0.1) is 37.2 Å². The van der Waals surface area contributed by atoms with Crippen molar-refractivity contribution >= 4 is 41.6 Å². The van der Waals surface area contributed by atoms with Crippen molar-refractivity contribution in [3.63, 3.8) is 0 Å². The lowest BCUT2D eigenvalue weighted by atomic mass is 9.94. The summed E-state index contributed by atoms with van der Waals surface area (Å²) in [5, 5.41) is 8.91. The summed E-state index contributed by atoms with van der Waals surface area (Å²) in [4.78, 5) is 7.09. The molecule has 0 aliphatic carbocycles. The molecule has 29 heavy (non-hydrogen) atoms. The predicted octanol–water partition coefficient (Wildman–Crippen LogP) is 4.78. The first-order valence-corrected chi connectivity index (χ1v) is 8.69. The van der Waals surface area contributed by atoms with Crippen molar-refractivity contribution in [2.24, 2.45) is 5.73 Å². The Kier molecular flexibility index (Phi) is 7.84. The molecule has 0 spiro atoms. The third-order valence-corrected chi connectivity index (χ3v) is 4.59.